The van der Waals surface area contributed by atoms with E-state index in [1.54, 1.807) is 0 Å². The zero-order valence-corrected chi connectivity index (χ0v) is 16.6. The standard InChI is InChI=1S/C14H18Br2INO/c1-14(2,3)7-10(16)8-18-13(19)11-6-9(15)4-5-12(11)17/h4-6,10H,7-8H2,1-3H3,(H,18,19). The Kier molecular flexibility index (Phi) is 6.79. The van der Waals surface area contributed by atoms with Gasteiger partial charge in [0, 0.05) is 19.4 Å². The van der Waals surface area contributed by atoms with Crippen LogP contribution in [-0.4, -0.2) is 17.3 Å². The Labute approximate surface area is 145 Å². The molecule has 0 aliphatic rings. The predicted octanol–water partition coefficient (Wildman–Crippen LogP) is 4.98. The first-order chi connectivity index (χ1) is 8.69. The van der Waals surface area contributed by atoms with Crippen LogP contribution >= 0.6 is 54.5 Å². The maximum atomic E-state index is 12.1. The van der Waals surface area contributed by atoms with Crippen molar-refractivity contribution in [3.8, 4) is 0 Å². The van der Waals surface area contributed by atoms with Crippen molar-refractivity contribution in [2.45, 2.75) is 32.0 Å². The summed E-state index contributed by atoms with van der Waals surface area (Å²) in [4.78, 5) is 12.4. The van der Waals surface area contributed by atoms with Gasteiger partial charge in [-0.2, -0.15) is 0 Å². The Morgan fingerprint density at radius 1 is 1.42 bits per heavy atom. The molecular weight excluding hydrogens is 485 g/mol. The number of halogens is 3. The van der Waals surface area contributed by atoms with Gasteiger partial charge in [-0.05, 0) is 52.6 Å². The molecule has 0 saturated carbocycles. The number of nitrogens with one attached hydrogen (secondary N) is 1. The van der Waals surface area contributed by atoms with Crippen molar-refractivity contribution in [1.82, 2.24) is 5.32 Å². The topological polar surface area (TPSA) is 29.1 Å². The monoisotopic (exact) mass is 501 g/mol. The van der Waals surface area contributed by atoms with Crippen molar-refractivity contribution >= 4 is 60.4 Å². The van der Waals surface area contributed by atoms with Crippen LogP contribution < -0.4 is 5.32 Å². The quantitative estimate of drug-likeness (QED) is 0.456. The Morgan fingerprint density at radius 3 is 2.63 bits per heavy atom. The van der Waals surface area contributed by atoms with E-state index in [4.69, 9.17) is 0 Å². The molecule has 0 aromatic heterocycles. The SMILES string of the molecule is CC(C)(C)CC(Br)CNC(=O)c1cc(Br)ccc1I. The molecule has 0 heterocycles. The van der Waals surface area contributed by atoms with Crippen molar-refractivity contribution in [3.63, 3.8) is 0 Å². The summed E-state index contributed by atoms with van der Waals surface area (Å²) in [5, 5.41) is 2.98. The summed E-state index contributed by atoms with van der Waals surface area (Å²) in [7, 11) is 0. The number of amides is 1. The summed E-state index contributed by atoms with van der Waals surface area (Å²) in [5.74, 6) is -0.0240. The van der Waals surface area contributed by atoms with E-state index in [9.17, 15) is 4.79 Å². The van der Waals surface area contributed by atoms with Crippen molar-refractivity contribution < 1.29 is 4.79 Å². The molecule has 0 bridgehead atoms. The van der Waals surface area contributed by atoms with Crippen LogP contribution in [0.15, 0.2) is 22.7 Å². The van der Waals surface area contributed by atoms with Crippen LogP contribution in [0, 0.1) is 8.99 Å². The Morgan fingerprint density at radius 2 is 2.05 bits per heavy atom. The summed E-state index contributed by atoms with van der Waals surface area (Å²) in [6.07, 6.45) is 1.02. The van der Waals surface area contributed by atoms with E-state index in [-0.39, 0.29) is 11.3 Å². The smallest absolute Gasteiger partial charge is 0.252 e. The van der Waals surface area contributed by atoms with Crippen LogP contribution in [0.5, 0.6) is 0 Å². The molecule has 0 aliphatic heterocycles. The fourth-order valence-electron chi connectivity index (χ4n) is 1.71. The molecule has 5 heteroatoms. The molecule has 2 nitrogen and oxygen atoms in total. The number of benzene rings is 1. The van der Waals surface area contributed by atoms with Crippen LogP contribution in [0.4, 0.5) is 0 Å². The van der Waals surface area contributed by atoms with Crippen LogP contribution in [0.25, 0.3) is 0 Å². The highest BCUT2D eigenvalue weighted by Crippen LogP contribution is 2.24. The van der Waals surface area contributed by atoms with Crippen molar-refractivity contribution in [2.24, 2.45) is 5.41 Å². The molecule has 1 N–H and O–H groups in total. The molecule has 1 amide bonds. The van der Waals surface area contributed by atoms with Gasteiger partial charge in [0.1, 0.15) is 0 Å². The fourth-order valence-corrected chi connectivity index (χ4v) is 3.78. The lowest BCUT2D eigenvalue weighted by Crippen LogP contribution is -2.31. The number of hydrogen-bond donors (Lipinski definition) is 1. The lowest BCUT2D eigenvalue weighted by atomic mass is 9.90. The van der Waals surface area contributed by atoms with Gasteiger partial charge in [0.25, 0.3) is 5.91 Å². The average molecular weight is 503 g/mol. The van der Waals surface area contributed by atoms with E-state index in [1.165, 1.54) is 0 Å². The Bertz CT molecular complexity index is 457. The third-order valence-corrected chi connectivity index (χ3v) is 4.57. The second-order valence-corrected chi connectivity index (χ2v) is 9.07. The Hall–Kier alpha value is 0.380. The van der Waals surface area contributed by atoms with Crippen LogP contribution in [0.3, 0.4) is 0 Å². The summed E-state index contributed by atoms with van der Waals surface area (Å²) < 4.78 is 1.88. The molecule has 1 rings (SSSR count). The molecule has 106 valence electrons. The third-order valence-electron chi connectivity index (χ3n) is 2.49. The second kappa shape index (κ2) is 7.41. The zero-order valence-electron chi connectivity index (χ0n) is 11.3. The number of carbonyl (C=O) groups is 1. The molecule has 0 fully saturated rings. The van der Waals surface area contributed by atoms with E-state index in [0.29, 0.717) is 16.9 Å². The molecule has 19 heavy (non-hydrogen) atoms. The summed E-state index contributed by atoms with van der Waals surface area (Å²) >= 11 is 9.19. The highest BCUT2D eigenvalue weighted by atomic mass is 127. The van der Waals surface area contributed by atoms with E-state index in [2.05, 4.69) is 80.5 Å². The van der Waals surface area contributed by atoms with Crippen LogP contribution in [-0.2, 0) is 0 Å². The normalized spacial score (nSPS) is 13.2. The number of alkyl halides is 1. The first-order valence-electron chi connectivity index (χ1n) is 6.06. The summed E-state index contributed by atoms with van der Waals surface area (Å²) in [5.41, 5.74) is 0.966. The lowest BCUT2D eigenvalue weighted by molar-refractivity contribution is 0.0951. The molecule has 1 aromatic rings. The number of rotatable bonds is 4. The molecule has 0 aliphatic carbocycles. The van der Waals surface area contributed by atoms with Gasteiger partial charge in [-0.25, -0.2) is 0 Å². The van der Waals surface area contributed by atoms with Crippen LogP contribution in [0.1, 0.15) is 37.6 Å². The molecule has 1 aromatic carbocycles. The molecule has 0 saturated heterocycles. The minimum absolute atomic E-state index is 0.0240. The zero-order chi connectivity index (χ0) is 14.6. The number of carbonyl (C=O) groups excluding carboxylic acids is 1. The fraction of sp³-hybridized carbons (Fsp3) is 0.500. The highest BCUT2D eigenvalue weighted by molar-refractivity contribution is 14.1. The molecule has 0 radical (unpaired) electrons. The van der Waals surface area contributed by atoms with Gasteiger partial charge in [0.05, 0.1) is 5.56 Å². The van der Waals surface area contributed by atoms with Gasteiger partial charge >= 0.3 is 0 Å². The van der Waals surface area contributed by atoms with E-state index < -0.39 is 0 Å². The Balaban J connectivity index is 2.58. The van der Waals surface area contributed by atoms with Gasteiger partial charge in [-0.3, -0.25) is 4.79 Å². The average Bonchev–Trinajstić information content (AvgIpc) is 2.27. The first-order valence-corrected chi connectivity index (χ1v) is 8.85. The van der Waals surface area contributed by atoms with Crippen molar-refractivity contribution in [3.05, 3.63) is 31.8 Å². The van der Waals surface area contributed by atoms with Gasteiger partial charge in [0.2, 0.25) is 0 Å². The van der Waals surface area contributed by atoms with E-state index >= 15 is 0 Å². The minimum Gasteiger partial charge on any atom is -0.351 e. The molecule has 1 unspecified atom stereocenters. The second-order valence-electron chi connectivity index (χ2n) is 5.70. The van der Waals surface area contributed by atoms with Crippen molar-refractivity contribution in [1.29, 1.82) is 0 Å². The van der Waals surface area contributed by atoms with Gasteiger partial charge in [-0.1, -0.05) is 52.6 Å². The van der Waals surface area contributed by atoms with E-state index in [1.807, 2.05) is 18.2 Å². The first kappa shape index (κ1) is 17.4. The lowest BCUT2D eigenvalue weighted by Gasteiger charge is -2.22. The third kappa shape index (κ3) is 6.58. The van der Waals surface area contributed by atoms with Crippen molar-refractivity contribution in [2.75, 3.05) is 6.54 Å². The predicted molar refractivity (Wildman–Crippen MR) is 96.0 cm³/mol. The maximum absolute atomic E-state index is 12.1. The highest BCUT2D eigenvalue weighted by Gasteiger charge is 2.18. The largest absolute Gasteiger partial charge is 0.351 e. The van der Waals surface area contributed by atoms with Gasteiger partial charge in [-0.15, -0.1) is 0 Å². The summed E-state index contributed by atoms with van der Waals surface area (Å²) in [6.45, 7) is 7.22. The van der Waals surface area contributed by atoms with Crippen LogP contribution in [0.2, 0.25) is 0 Å². The summed E-state index contributed by atoms with van der Waals surface area (Å²) in [6, 6.07) is 5.72. The molecular formula is C14H18Br2INO. The number of hydrogen-bond acceptors (Lipinski definition) is 1. The van der Waals surface area contributed by atoms with Gasteiger partial charge in [0.15, 0.2) is 0 Å². The van der Waals surface area contributed by atoms with E-state index in [0.717, 1.165) is 14.5 Å². The maximum Gasteiger partial charge on any atom is 0.252 e. The molecule has 0 spiro atoms. The van der Waals surface area contributed by atoms with Gasteiger partial charge < -0.3 is 5.32 Å². The minimum atomic E-state index is -0.0240. The molecule has 1 atom stereocenters.